The number of hydrogen-bond donors (Lipinski definition) is 1. The second-order valence-electron chi connectivity index (χ2n) is 4.57. The Labute approximate surface area is 102 Å². The van der Waals surface area contributed by atoms with E-state index in [2.05, 4.69) is 13.0 Å². The maximum absolute atomic E-state index is 5.97. The van der Waals surface area contributed by atoms with Gasteiger partial charge in [-0.25, -0.2) is 0 Å². The first-order valence-corrected chi connectivity index (χ1v) is 7.01. The Balaban J connectivity index is 1.85. The van der Waals surface area contributed by atoms with Gasteiger partial charge in [0.1, 0.15) is 0 Å². The lowest BCUT2D eigenvalue weighted by atomic mass is 9.98. The molecule has 1 fully saturated rings. The van der Waals surface area contributed by atoms with Crippen molar-refractivity contribution >= 4 is 11.3 Å². The molecule has 3 heteroatoms. The summed E-state index contributed by atoms with van der Waals surface area (Å²) in [6.07, 6.45) is 7.03. The number of thiophene rings is 1. The van der Waals surface area contributed by atoms with E-state index < -0.39 is 0 Å². The fourth-order valence-electron chi connectivity index (χ4n) is 2.27. The van der Waals surface area contributed by atoms with Crippen LogP contribution in [0.25, 0.3) is 0 Å². The molecule has 1 aliphatic carbocycles. The monoisotopic (exact) mass is 239 g/mol. The molecule has 0 unspecified atom stereocenters. The SMILES string of the molecule is Cc1sc(CN)cc1COC1CCCCC1. The van der Waals surface area contributed by atoms with E-state index in [0.29, 0.717) is 12.6 Å². The highest BCUT2D eigenvalue weighted by molar-refractivity contribution is 7.12. The van der Waals surface area contributed by atoms with Crippen molar-refractivity contribution in [3.05, 3.63) is 21.4 Å². The van der Waals surface area contributed by atoms with E-state index in [1.54, 1.807) is 11.3 Å². The number of rotatable bonds is 4. The lowest BCUT2D eigenvalue weighted by Crippen LogP contribution is -2.16. The Morgan fingerprint density at radius 3 is 2.75 bits per heavy atom. The van der Waals surface area contributed by atoms with Crippen molar-refractivity contribution in [2.24, 2.45) is 5.73 Å². The van der Waals surface area contributed by atoms with Gasteiger partial charge in [0.2, 0.25) is 0 Å². The van der Waals surface area contributed by atoms with Gasteiger partial charge in [0.25, 0.3) is 0 Å². The summed E-state index contributed by atoms with van der Waals surface area (Å²) in [5, 5.41) is 0. The fourth-order valence-corrected chi connectivity index (χ4v) is 3.20. The minimum absolute atomic E-state index is 0.495. The van der Waals surface area contributed by atoms with Crippen LogP contribution >= 0.6 is 11.3 Å². The van der Waals surface area contributed by atoms with Crippen molar-refractivity contribution in [2.45, 2.75) is 58.3 Å². The Hall–Kier alpha value is -0.380. The van der Waals surface area contributed by atoms with Gasteiger partial charge in [-0.2, -0.15) is 0 Å². The van der Waals surface area contributed by atoms with Crippen molar-refractivity contribution in [2.75, 3.05) is 0 Å². The van der Waals surface area contributed by atoms with Gasteiger partial charge in [-0.1, -0.05) is 19.3 Å². The summed E-state index contributed by atoms with van der Waals surface area (Å²) in [7, 11) is 0. The van der Waals surface area contributed by atoms with Gasteiger partial charge in [-0.05, 0) is 31.4 Å². The maximum atomic E-state index is 5.97. The first-order chi connectivity index (χ1) is 7.79. The molecular weight excluding hydrogens is 218 g/mol. The molecule has 1 heterocycles. The highest BCUT2D eigenvalue weighted by atomic mass is 32.1. The molecule has 0 aliphatic heterocycles. The van der Waals surface area contributed by atoms with Gasteiger partial charge in [-0.15, -0.1) is 11.3 Å². The van der Waals surface area contributed by atoms with Crippen LogP contribution in [0, 0.1) is 6.92 Å². The van der Waals surface area contributed by atoms with Gasteiger partial charge in [-0.3, -0.25) is 0 Å². The Morgan fingerprint density at radius 2 is 2.12 bits per heavy atom. The summed E-state index contributed by atoms with van der Waals surface area (Å²) in [4.78, 5) is 2.62. The topological polar surface area (TPSA) is 35.2 Å². The van der Waals surface area contributed by atoms with Crippen LogP contribution in [0.5, 0.6) is 0 Å². The van der Waals surface area contributed by atoms with Crippen molar-refractivity contribution in [3.63, 3.8) is 0 Å². The van der Waals surface area contributed by atoms with Gasteiger partial charge in [0, 0.05) is 16.3 Å². The number of aryl methyl sites for hydroxylation is 1. The summed E-state index contributed by atoms with van der Waals surface area (Å²) >= 11 is 1.80. The normalized spacial score (nSPS) is 17.9. The molecule has 1 aromatic rings. The lowest BCUT2D eigenvalue weighted by Gasteiger charge is -2.21. The zero-order valence-corrected chi connectivity index (χ0v) is 10.8. The first kappa shape index (κ1) is 12.1. The molecule has 0 amide bonds. The van der Waals surface area contributed by atoms with Gasteiger partial charge in [0.15, 0.2) is 0 Å². The molecule has 0 radical (unpaired) electrons. The van der Waals surface area contributed by atoms with Crippen LogP contribution in [0.2, 0.25) is 0 Å². The van der Waals surface area contributed by atoms with Crippen LogP contribution < -0.4 is 5.73 Å². The van der Waals surface area contributed by atoms with Crippen LogP contribution in [-0.2, 0) is 17.9 Å². The van der Waals surface area contributed by atoms with Crippen molar-refractivity contribution in [1.82, 2.24) is 0 Å². The third-order valence-corrected chi connectivity index (χ3v) is 4.41. The van der Waals surface area contributed by atoms with Gasteiger partial charge < -0.3 is 10.5 Å². The van der Waals surface area contributed by atoms with E-state index in [1.807, 2.05) is 0 Å². The van der Waals surface area contributed by atoms with Crippen molar-refractivity contribution < 1.29 is 4.74 Å². The first-order valence-electron chi connectivity index (χ1n) is 6.19. The summed E-state index contributed by atoms with van der Waals surface area (Å²) in [5.41, 5.74) is 6.97. The second-order valence-corrected chi connectivity index (χ2v) is 5.91. The largest absolute Gasteiger partial charge is 0.374 e. The van der Waals surface area contributed by atoms with Crippen molar-refractivity contribution in [3.8, 4) is 0 Å². The molecular formula is C13H21NOS. The standard InChI is InChI=1S/C13H21NOS/c1-10-11(7-13(8-14)16-10)9-15-12-5-3-2-4-6-12/h7,12H,2-6,8-9,14H2,1H3. The highest BCUT2D eigenvalue weighted by Gasteiger charge is 2.14. The van der Waals surface area contributed by atoms with Crippen LogP contribution in [0.4, 0.5) is 0 Å². The molecule has 16 heavy (non-hydrogen) atoms. The minimum Gasteiger partial charge on any atom is -0.374 e. The third kappa shape index (κ3) is 3.06. The molecule has 90 valence electrons. The second kappa shape index (κ2) is 5.80. The third-order valence-electron chi connectivity index (χ3n) is 3.30. The Morgan fingerprint density at radius 1 is 1.38 bits per heavy atom. The molecule has 0 aromatic carbocycles. The molecule has 1 saturated carbocycles. The van der Waals surface area contributed by atoms with Crippen LogP contribution in [0.1, 0.15) is 47.4 Å². The number of hydrogen-bond acceptors (Lipinski definition) is 3. The van der Waals surface area contributed by atoms with Crippen LogP contribution in [0.3, 0.4) is 0 Å². The van der Waals surface area contributed by atoms with E-state index in [9.17, 15) is 0 Å². The van der Waals surface area contributed by atoms with Gasteiger partial charge >= 0.3 is 0 Å². The molecule has 0 bridgehead atoms. The summed E-state index contributed by atoms with van der Waals surface area (Å²) in [5.74, 6) is 0. The molecule has 0 saturated heterocycles. The zero-order valence-electron chi connectivity index (χ0n) is 10.00. The fraction of sp³-hybridized carbons (Fsp3) is 0.692. The molecule has 1 aliphatic rings. The van der Waals surface area contributed by atoms with Crippen LogP contribution in [0.15, 0.2) is 6.07 Å². The molecule has 0 atom stereocenters. The summed E-state index contributed by atoms with van der Waals surface area (Å²) < 4.78 is 5.97. The maximum Gasteiger partial charge on any atom is 0.0731 e. The zero-order chi connectivity index (χ0) is 11.4. The molecule has 2 N–H and O–H groups in total. The van der Waals surface area contributed by atoms with E-state index in [1.165, 1.54) is 47.4 Å². The average molecular weight is 239 g/mol. The number of ether oxygens (including phenoxy) is 1. The predicted octanol–water partition coefficient (Wildman–Crippen LogP) is 3.36. The lowest BCUT2D eigenvalue weighted by molar-refractivity contribution is 0.0168. The van der Waals surface area contributed by atoms with Crippen LogP contribution in [-0.4, -0.2) is 6.10 Å². The average Bonchev–Trinajstić information content (AvgIpc) is 2.69. The van der Waals surface area contributed by atoms with Gasteiger partial charge in [0.05, 0.1) is 12.7 Å². The smallest absolute Gasteiger partial charge is 0.0731 e. The quantitative estimate of drug-likeness (QED) is 0.874. The molecule has 2 nitrogen and oxygen atoms in total. The summed E-state index contributed by atoms with van der Waals surface area (Å²) in [6.45, 7) is 3.57. The predicted molar refractivity (Wildman–Crippen MR) is 68.6 cm³/mol. The number of nitrogens with two attached hydrogens (primary N) is 1. The minimum atomic E-state index is 0.495. The molecule has 2 rings (SSSR count). The van der Waals surface area contributed by atoms with E-state index in [4.69, 9.17) is 10.5 Å². The van der Waals surface area contributed by atoms with E-state index in [-0.39, 0.29) is 0 Å². The van der Waals surface area contributed by atoms with E-state index >= 15 is 0 Å². The highest BCUT2D eigenvalue weighted by Crippen LogP contribution is 2.25. The molecule has 0 spiro atoms. The Kier molecular flexibility index (Phi) is 4.38. The van der Waals surface area contributed by atoms with E-state index in [0.717, 1.165) is 6.61 Å². The van der Waals surface area contributed by atoms with Crippen molar-refractivity contribution in [1.29, 1.82) is 0 Å². The summed E-state index contributed by atoms with van der Waals surface area (Å²) in [6, 6.07) is 2.20. The molecule has 1 aromatic heterocycles. The Bertz CT molecular complexity index is 329.